The summed E-state index contributed by atoms with van der Waals surface area (Å²) >= 11 is 8.30. The molecule has 3 amide bonds. The number of nitrogens with zero attached hydrogens (tertiary/aromatic N) is 5. The van der Waals surface area contributed by atoms with Crippen molar-refractivity contribution in [3.8, 4) is 5.82 Å². The molecule has 3 N–H and O–H groups in total. The lowest BCUT2D eigenvalue weighted by atomic mass is 10.1. The predicted molar refractivity (Wildman–Crippen MR) is 148 cm³/mol. The Hall–Kier alpha value is -4.19. The standard InChI is InChI=1S/C24H19ClF3IN8O4/c1-12-6-13(29)7-15(21(38)33-34-23(40)41-2)19(12)32-22(39)17-8-14(9-36-10-18(31-11-36)24(26,27)28)35-37(17)20-16(25)4-3-5-30-20/h3-8,10-11H,9H2,1-2H3,(H,32,39)(H,33,38)(H,34,40). The second kappa shape index (κ2) is 12.1. The van der Waals surface area contributed by atoms with Gasteiger partial charge in [0, 0.05) is 16.0 Å². The zero-order valence-corrected chi connectivity index (χ0v) is 24.0. The third kappa shape index (κ3) is 6.94. The van der Waals surface area contributed by atoms with Gasteiger partial charge in [0.05, 0.1) is 41.9 Å². The highest BCUT2D eigenvalue weighted by molar-refractivity contribution is 14.1. The van der Waals surface area contributed by atoms with Gasteiger partial charge < -0.3 is 14.6 Å². The molecule has 0 aliphatic carbocycles. The molecular weight excluding hydrogens is 684 g/mol. The molecule has 0 spiro atoms. The van der Waals surface area contributed by atoms with Gasteiger partial charge in [0.25, 0.3) is 11.8 Å². The van der Waals surface area contributed by atoms with E-state index >= 15 is 0 Å². The highest BCUT2D eigenvalue weighted by Gasteiger charge is 2.33. The Balaban J connectivity index is 1.71. The lowest BCUT2D eigenvalue weighted by Gasteiger charge is -2.15. The molecule has 0 saturated carbocycles. The smallest absolute Gasteiger partial charge is 0.434 e. The molecule has 0 aliphatic rings. The number of methoxy groups -OCH3 is 1. The first-order chi connectivity index (χ1) is 19.4. The van der Waals surface area contributed by atoms with Crippen LogP contribution in [0.1, 0.15) is 37.8 Å². The minimum atomic E-state index is -4.63. The van der Waals surface area contributed by atoms with Gasteiger partial charge in [-0.15, -0.1) is 0 Å². The van der Waals surface area contributed by atoms with Crippen molar-refractivity contribution in [3.05, 3.63) is 85.9 Å². The number of hydrazine groups is 1. The fourth-order valence-corrected chi connectivity index (χ4v) is 4.62. The molecule has 0 unspecified atom stereocenters. The van der Waals surface area contributed by atoms with Gasteiger partial charge in [0.15, 0.2) is 11.5 Å². The monoisotopic (exact) mass is 702 g/mol. The molecule has 3 aromatic heterocycles. The van der Waals surface area contributed by atoms with E-state index < -0.39 is 29.8 Å². The fourth-order valence-electron chi connectivity index (χ4n) is 3.64. The topological polar surface area (TPSA) is 145 Å². The Morgan fingerprint density at radius 1 is 1.12 bits per heavy atom. The predicted octanol–water partition coefficient (Wildman–Crippen LogP) is 4.35. The molecule has 0 bridgehead atoms. The molecule has 0 radical (unpaired) electrons. The van der Waals surface area contributed by atoms with E-state index in [1.807, 2.05) is 22.6 Å². The molecular formula is C24H19ClF3IN8O4. The zero-order chi connectivity index (χ0) is 29.9. The van der Waals surface area contributed by atoms with Gasteiger partial charge in [-0.1, -0.05) is 11.6 Å². The number of imidazole rings is 1. The molecule has 0 fully saturated rings. The number of carbonyl (C=O) groups is 3. The van der Waals surface area contributed by atoms with Crippen LogP contribution < -0.4 is 16.2 Å². The molecule has 4 rings (SSSR count). The van der Waals surface area contributed by atoms with Crippen molar-refractivity contribution < 1.29 is 32.3 Å². The van der Waals surface area contributed by atoms with Crippen LogP contribution in [-0.4, -0.2) is 49.3 Å². The quantitative estimate of drug-likeness (QED) is 0.200. The van der Waals surface area contributed by atoms with Crippen molar-refractivity contribution in [1.29, 1.82) is 0 Å². The summed E-state index contributed by atoms with van der Waals surface area (Å²) < 4.78 is 46.5. The number of pyridine rings is 1. The van der Waals surface area contributed by atoms with Gasteiger partial charge >= 0.3 is 12.3 Å². The maximum Gasteiger partial charge on any atom is 0.434 e. The van der Waals surface area contributed by atoms with Crippen LogP contribution in [0.4, 0.5) is 23.7 Å². The van der Waals surface area contributed by atoms with Gasteiger partial charge in [0.1, 0.15) is 5.69 Å². The van der Waals surface area contributed by atoms with E-state index in [1.54, 1.807) is 19.1 Å². The van der Waals surface area contributed by atoms with Crippen molar-refractivity contribution in [2.75, 3.05) is 12.4 Å². The summed E-state index contributed by atoms with van der Waals surface area (Å²) in [5.41, 5.74) is 3.98. The number of aryl methyl sites for hydroxylation is 1. The van der Waals surface area contributed by atoms with Crippen LogP contribution in [0.25, 0.3) is 5.82 Å². The van der Waals surface area contributed by atoms with Crippen molar-refractivity contribution in [2.45, 2.75) is 19.6 Å². The van der Waals surface area contributed by atoms with Crippen molar-refractivity contribution >= 4 is 57.8 Å². The average molecular weight is 703 g/mol. The Bertz CT molecular complexity index is 1640. The van der Waals surface area contributed by atoms with Crippen LogP contribution in [-0.2, 0) is 17.5 Å². The molecule has 0 saturated heterocycles. The Kier molecular flexibility index (Phi) is 8.81. The van der Waals surface area contributed by atoms with Gasteiger partial charge in [0.2, 0.25) is 0 Å². The third-order valence-electron chi connectivity index (χ3n) is 5.45. The summed E-state index contributed by atoms with van der Waals surface area (Å²) in [6, 6.07) is 7.67. The van der Waals surface area contributed by atoms with Crippen LogP contribution in [0.3, 0.4) is 0 Å². The van der Waals surface area contributed by atoms with E-state index in [0.29, 0.717) is 9.13 Å². The number of carbonyl (C=O) groups excluding carboxylic acids is 3. The van der Waals surface area contributed by atoms with Gasteiger partial charge in [-0.25, -0.2) is 24.9 Å². The van der Waals surface area contributed by atoms with Gasteiger partial charge in [-0.05, 0) is 65.4 Å². The maximum atomic E-state index is 13.6. The number of nitrogens with one attached hydrogen (secondary N) is 3. The van der Waals surface area contributed by atoms with Gasteiger partial charge in [-0.2, -0.15) is 18.3 Å². The van der Waals surface area contributed by atoms with Crippen LogP contribution in [0.15, 0.2) is 49.1 Å². The number of amides is 3. The number of rotatable bonds is 6. The summed E-state index contributed by atoms with van der Waals surface area (Å²) in [7, 11) is 1.12. The van der Waals surface area contributed by atoms with Crippen LogP contribution >= 0.6 is 34.2 Å². The number of halogens is 5. The lowest BCUT2D eigenvalue weighted by Crippen LogP contribution is -2.42. The van der Waals surface area contributed by atoms with Crippen LogP contribution in [0.5, 0.6) is 0 Å². The minimum Gasteiger partial charge on any atom is -0.452 e. The maximum absolute atomic E-state index is 13.6. The molecule has 0 atom stereocenters. The number of anilines is 1. The Morgan fingerprint density at radius 3 is 2.54 bits per heavy atom. The minimum absolute atomic E-state index is 0.0272. The first kappa shape index (κ1) is 29.8. The summed E-state index contributed by atoms with van der Waals surface area (Å²) in [6.45, 7) is 1.51. The fraction of sp³-hybridized carbons (Fsp3) is 0.167. The summed E-state index contributed by atoms with van der Waals surface area (Å²) in [6.07, 6.45) is -2.30. The van der Waals surface area contributed by atoms with Crippen molar-refractivity contribution in [2.24, 2.45) is 0 Å². The summed E-state index contributed by atoms with van der Waals surface area (Å²) in [4.78, 5) is 45.4. The number of hydrogen-bond acceptors (Lipinski definition) is 7. The summed E-state index contributed by atoms with van der Waals surface area (Å²) in [5, 5.41) is 7.20. The van der Waals surface area contributed by atoms with E-state index in [4.69, 9.17) is 11.6 Å². The van der Waals surface area contributed by atoms with Crippen LogP contribution in [0.2, 0.25) is 5.02 Å². The highest BCUT2D eigenvalue weighted by Crippen LogP contribution is 2.28. The molecule has 41 heavy (non-hydrogen) atoms. The van der Waals surface area contributed by atoms with E-state index in [0.717, 1.165) is 28.9 Å². The lowest BCUT2D eigenvalue weighted by molar-refractivity contribution is -0.141. The second-order valence-corrected chi connectivity index (χ2v) is 9.99. The molecule has 1 aromatic carbocycles. The van der Waals surface area contributed by atoms with Gasteiger partial charge in [-0.3, -0.25) is 15.0 Å². The Morgan fingerprint density at radius 2 is 1.88 bits per heavy atom. The largest absolute Gasteiger partial charge is 0.452 e. The SMILES string of the molecule is COC(=O)NNC(=O)c1cc(I)cc(C)c1NC(=O)c1cc(Cn2cnc(C(F)(F)F)c2)nn1-c1ncccc1Cl. The normalized spacial score (nSPS) is 11.2. The molecule has 4 aromatic rings. The molecule has 3 heterocycles. The highest BCUT2D eigenvalue weighted by atomic mass is 127. The Labute approximate surface area is 248 Å². The molecule has 214 valence electrons. The molecule has 12 nitrogen and oxygen atoms in total. The number of hydrogen-bond donors (Lipinski definition) is 3. The van der Waals surface area contributed by atoms with Crippen LogP contribution in [0, 0.1) is 10.5 Å². The van der Waals surface area contributed by atoms with E-state index in [2.05, 4.69) is 36.0 Å². The zero-order valence-electron chi connectivity index (χ0n) is 21.1. The number of ether oxygens (including phenoxy) is 1. The van der Waals surface area contributed by atoms with E-state index in [-0.39, 0.29) is 40.0 Å². The number of aromatic nitrogens is 5. The van der Waals surface area contributed by atoms with Crippen molar-refractivity contribution in [3.63, 3.8) is 0 Å². The van der Waals surface area contributed by atoms with E-state index in [1.165, 1.54) is 24.4 Å². The second-order valence-electron chi connectivity index (χ2n) is 8.34. The summed E-state index contributed by atoms with van der Waals surface area (Å²) in [5.74, 6) is -1.38. The average Bonchev–Trinajstić information content (AvgIpc) is 3.56. The first-order valence-corrected chi connectivity index (χ1v) is 12.9. The van der Waals surface area contributed by atoms with Crippen molar-refractivity contribution in [1.82, 2.24) is 35.2 Å². The number of alkyl halides is 3. The third-order valence-corrected chi connectivity index (χ3v) is 6.37. The molecule has 17 heteroatoms. The first-order valence-electron chi connectivity index (χ1n) is 11.4. The molecule has 0 aliphatic heterocycles. The number of benzene rings is 1. The van der Waals surface area contributed by atoms with E-state index in [9.17, 15) is 27.6 Å².